The monoisotopic (exact) mass is 302 g/mol. The normalized spacial score (nSPS) is 21.4. The van der Waals surface area contributed by atoms with Crippen molar-refractivity contribution in [2.45, 2.75) is 18.5 Å². The maximum atomic E-state index is 12.1. The van der Waals surface area contributed by atoms with Crippen LogP contribution in [0.25, 0.3) is 10.9 Å². The summed E-state index contributed by atoms with van der Waals surface area (Å²) in [7, 11) is 2.72. The maximum Gasteiger partial charge on any atom is 0.324 e. The first-order valence-corrected chi connectivity index (χ1v) is 7.12. The van der Waals surface area contributed by atoms with Crippen molar-refractivity contribution < 1.29 is 19.1 Å². The van der Waals surface area contributed by atoms with Crippen molar-refractivity contribution in [3.05, 3.63) is 36.0 Å². The number of carbonyl (C=O) groups excluding carboxylic acids is 2. The van der Waals surface area contributed by atoms with Crippen molar-refractivity contribution in [2.75, 3.05) is 20.8 Å². The molecule has 3 rings (SSSR count). The van der Waals surface area contributed by atoms with Crippen LogP contribution in [0.2, 0.25) is 0 Å². The Hall–Kier alpha value is -2.34. The zero-order valence-electron chi connectivity index (χ0n) is 12.5. The number of nitrogens with one attached hydrogen (secondary N) is 1. The van der Waals surface area contributed by atoms with Crippen LogP contribution >= 0.6 is 0 Å². The quantitative estimate of drug-likeness (QED) is 0.662. The minimum absolute atomic E-state index is 0.312. The number of esters is 2. The van der Waals surface area contributed by atoms with Crippen LogP contribution in [0.15, 0.2) is 30.5 Å². The lowest BCUT2D eigenvalue weighted by Gasteiger charge is -2.16. The Bertz CT molecular complexity index is 709. The van der Waals surface area contributed by atoms with E-state index in [0.29, 0.717) is 13.0 Å². The van der Waals surface area contributed by atoms with Crippen LogP contribution in [0.5, 0.6) is 0 Å². The van der Waals surface area contributed by atoms with E-state index in [1.54, 1.807) is 4.90 Å². The zero-order valence-corrected chi connectivity index (χ0v) is 12.5. The van der Waals surface area contributed by atoms with Gasteiger partial charge in [-0.3, -0.25) is 14.5 Å². The van der Waals surface area contributed by atoms with E-state index in [9.17, 15) is 9.59 Å². The number of aromatic nitrogens is 1. The number of H-pyrrole nitrogens is 1. The van der Waals surface area contributed by atoms with Crippen LogP contribution in [0.1, 0.15) is 5.56 Å². The maximum absolute atomic E-state index is 12.1. The van der Waals surface area contributed by atoms with E-state index in [0.717, 1.165) is 16.5 Å². The van der Waals surface area contributed by atoms with Gasteiger partial charge in [0.15, 0.2) is 0 Å². The first-order chi connectivity index (χ1) is 10.7. The molecule has 6 heteroatoms. The lowest BCUT2D eigenvalue weighted by atomic mass is 10.0. The molecule has 2 heterocycles. The molecule has 3 atom stereocenters. The van der Waals surface area contributed by atoms with Crippen molar-refractivity contribution >= 4 is 22.8 Å². The molecule has 2 aromatic rings. The third kappa shape index (κ3) is 2.57. The molecule has 0 radical (unpaired) electrons. The number of hydrogen-bond donors (Lipinski definition) is 1. The first-order valence-electron chi connectivity index (χ1n) is 7.12. The summed E-state index contributed by atoms with van der Waals surface area (Å²) in [6.07, 6.45) is 2.39. The van der Waals surface area contributed by atoms with Crippen molar-refractivity contribution in [2.24, 2.45) is 0 Å². The number of rotatable bonds is 5. The van der Waals surface area contributed by atoms with E-state index in [1.807, 2.05) is 30.5 Å². The number of benzene rings is 1. The van der Waals surface area contributed by atoms with E-state index in [2.05, 4.69) is 4.98 Å². The summed E-state index contributed by atoms with van der Waals surface area (Å²) in [5.74, 6) is -0.649. The largest absolute Gasteiger partial charge is 0.468 e. The summed E-state index contributed by atoms with van der Waals surface area (Å²) >= 11 is 0. The van der Waals surface area contributed by atoms with Crippen molar-refractivity contribution in [1.29, 1.82) is 0 Å². The highest BCUT2D eigenvalue weighted by atomic mass is 16.5. The molecule has 1 aliphatic heterocycles. The van der Waals surface area contributed by atoms with Crippen LogP contribution in [0.3, 0.4) is 0 Å². The molecule has 0 amide bonds. The Balaban J connectivity index is 1.82. The SMILES string of the molecule is COC(=O)[C@H]1CN1[C@@H](Cc1c[nH]c2ccccc12)C(=O)OC. The topological polar surface area (TPSA) is 71.4 Å². The highest BCUT2D eigenvalue weighted by Crippen LogP contribution is 2.28. The number of nitrogens with zero attached hydrogens (tertiary/aromatic N) is 1. The van der Waals surface area contributed by atoms with Gasteiger partial charge in [0, 0.05) is 30.1 Å². The van der Waals surface area contributed by atoms with Gasteiger partial charge in [0.1, 0.15) is 12.1 Å². The smallest absolute Gasteiger partial charge is 0.324 e. The lowest BCUT2D eigenvalue weighted by Crippen LogP contribution is -2.35. The molecular weight excluding hydrogens is 284 g/mol. The van der Waals surface area contributed by atoms with Crippen LogP contribution in [-0.4, -0.2) is 54.7 Å². The number of ether oxygens (including phenoxy) is 2. The van der Waals surface area contributed by atoms with Crippen molar-refractivity contribution in [3.63, 3.8) is 0 Å². The summed E-state index contributed by atoms with van der Waals surface area (Å²) < 4.78 is 9.63. The van der Waals surface area contributed by atoms with Crippen molar-refractivity contribution in [3.8, 4) is 0 Å². The molecule has 1 unspecified atom stereocenters. The zero-order chi connectivity index (χ0) is 15.7. The van der Waals surface area contributed by atoms with E-state index in [4.69, 9.17) is 9.47 Å². The van der Waals surface area contributed by atoms with Gasteiger partial charge in [-0.05, 0) is 11.6 Å². The number of aromatic amines is 1. The summed E-state index contributed by atoms with van der Waals surface area (Å²) in [5.41, 5.74) is 2.05. The highest BCUT2D eigenvalue weighted by Gasteiger charge is 2.48. The van der Waals surface area contributed by atoms with Gasteiger partial charge in [-0.15, -0.1) is 0 Å². The summed E-state index contributed by atoms with van der Waals surface area (Å²) in [4.78, 5) is 28.7. The fourth-order valence-electron chi connectivity index (χ4n) is 2.82. The van der Waals surface area contributed by atoms with Gasteiger partial charge < -0.3 is 14.5 Å². The van der Waals surface area contributed by atoms with Crippen LogP contribution < -0.4 is 0 Å². The van der Waals surface area contributed by atoms with Gasteiger partial charge in [-0.1, -0.05) is 18.2 Å². The predicted octanol–water partition coefficient (Wildman–Crippen LogP) is 1.11. The number of carbonyl (C=O) groups is 2. The minimum Gasteiger partial charge on any atom is -0.468 e. The van der Waals surface area contributed by atoms with Gasteiger partial charge in [0.2, 0.25) is 0 Å². The predicted molar refractivity (Wildman–Crippen MR) is 80.3 cm³/mol. The highest BCUT2D eigenvalue weighted by molar-refractivity contribution is 5.86. The summed E-state index contributed by atoms with van der Waals surface area (Å²) in [5, 5.41) is 1.08. The molecule has 6 nitrogen and oxygen atoms in total. The average Bonchev–Trinajstić information content (AvgIpc) is 3.25. The van der Waals surface area contributed by atoms with E-state index in [-0.39, 0.29) is 18.0 Å². The van der Waals surface area contributed by atoms with E-state index in [1.165, 1.54) is 14.2 Å². The Morgan fingerprint density at radius 1 is 1.32 bits per heavy atom. The molecule has 116 valence electrons. The molecule has 1 aromatic heterocycles. The molecule has 1 aromatic carbocycles. The standard InChI is InChI=1S/C16H18N2O4/c1-21-15(19)13(18-9-14(18)16(20)22-2)7-10-8-17-12-6-4-3-5-11(10)12/h3-6,8,13-14,17H,7,9H2,1-2H3/t13-,14+,18?/m0/s1. The Morgan fingerprint density at radius 2 is 2.09 bits per heavy atom. The summed E-state index contributed by atoms with van der Waals surface area (Å²) in [6, 6.07) is 7.09. The Morgan fingerprint density at radius 3 is 2.82 bits per heavy atom. The number of methoxy groups -OCH3 is 2. The van der Waals surface area contributed by atoms with Gasteiger partial charge in [0.05, 0.1) is 14.2 Å². The van der Waals surface area contributed by atoms with Crippen LogP contribution in [0.4, 0.5) is 0 Å². The first kappa shape index (κ1) is 14.6. The second-order valence-electron chi connectivity index (χ2n) is 5.34. The second-order valence-corrected chi connectivity index (χ2v) is 5.34. The average molecular weight is 302 g/mol. The molecule has 1 fully saturated rings. The number of para-hydroxylation sites is 1. The molecule has 1 N–H and O–H groups in total. The van der Waals surface area contributed by atoms with E-state index < -0.39 is 6.04 Å². The molecule has 1 aliphatic rings. The van der Waals surface area contributed by atoms with Crippen molar-refractivity contribution in [1.82, 2.24) is 9.88 Å². The molecule has 0 bridgehead atoms. The van der Waals surface area contributed by atoms with E-state index >= 15 is 0 Å². The Labute approximate surface area is 128 Å². The lowest BCUT2D eigenvalue weighted by molar-refractivity contribution is -0.146. The third-order valence-electron chi connectivity index (χ3n) is 4.09. The Kier molecular flexibility index (Phi) is 3.85. The van der Waals surface area contributed by atoms with Gasteiger partial charge in [-0.25, -0.2) is 0 Å². The molecule has 0 aliphatic carbocycles. The van der Waals surface area contributed by atoms with Crippen LogP contribution in [-0.2, 0) is 25.5 Å². The fourth-order valence-corrected chi connectivity index (χ4v) is 2.82. The molecule has 1 saturated heterocycles. The summed E-state index contributed by atoms with van der Waals surface area (Å²) in [6.45, 7) is 0.523. The number of fused-ring (bicyclic) bond motifs is 1. The molecule has 0 spiro atoms. The number of hydrogen-bond acceptors (Lipinski definition) is 5. The molecule has 22 heavy (non-hydrogen) atoms. The van der Waals surface area contributed by atoms with Gasteiger partial charge in [0.25, 0.3) is 0 Å². The van der Waals surface area contributed by atoms with Gasteiger partial charge in [-0.2, -0.15) is 0 Å². The van der Waals surface area contributed by atoms with Crippen LogP contribution in [0, 0.1) is 0 Å². The molecule has 0 saturated carbocycles. The van der Waals surface area contributed by atoms with Gasteiger partial charge >= 0.3 is 11.9 Å². The third-order valence-corrected chi connectivity index (χ3v) is 4.09. The molecular formula is C16H18N2O4. The second kappa shape index (κ2) is 5.81. The minimum atomic E-state index is -0.478. The fraction of sp³-hybridized carbons (Fsp3) is 0.375.